The highest BCUT2D eigenvalue weighted by Crippen LogP contribution is 2.62. The molecule has 0 saturated heterocycles. The first-order valence-electron chi connectivity index (χ1n) is 7.23. The van der Waals surface area contributed by atoms with Crippen molar-refractivity contribution in [3.05, 3.63) is 0 Å². The van der Waals surface area contributed by atoms with Gasteiger partial charge in [-0.3, -0.25) is 4.79 Å². The van der Waals surface area contributed by atoms with Crippen LogP contribution in [0.4, 0.5) is 0 Å². The monoisotopic (exact) mass is 252 g/mol. The predicted octanol–water partition coefficient (Wildman–Crippen LogP) is 2.44. The van der Waals surface area contributed by atoms with Gasteiger partial charge >= 0.3 is 0 Å². The second-order valence-corrected chi connectivity index (χ2v) is 7.59. The Morgan fingerprint density at radius 1 is 1.44 bits per heavy atom. The second kappa shape index (κ2) is 3.96. The van der Waals surface area contributed by atoms with Crippen LogP contribution in [0.2, 0.25) is 0 Å². The molecule has 2 saturated carbocycles. The van der Waals surface area contributed by atoms with E-state index < -0.39 is 5.54 Å². The fourth-order valence-corrected chi connectivity index (χ4v) is 4.12. The maximum Gasteiger partial charge on any atom is 0.240 e. The van der Waals surface area contributed by atoms with Crippen molar-refractivity contribution in [2.75, 3.05) is 0 Å². The second-order valence-electron chi connectivity index (χ2n) is 7.59. The molecule has 0 heterocycles. The Hall–Kier alpha value is -0.570. The van der Waals surface area contributed by atoms with Crippen molar-refractivity contribution < 1.29 is 4.79 Å². The number of amides is 1. The van der Waals surface area contributed by atoms with Crippen molar-refractivity contribution in [2.45, 2.75) is 71.9 Å². The molecule has 4 atom stereocenters. The fraction of sp³-hybridized carbons (Fsp3) is 0.933. The molecule has 0 aromatic heterocycles. The Bertz CT molecular complexity index is 357. The summed E-state index contributed by atoms with van der Waals surface area (Å²) in [7, 11) is 0. The minimum atomic E-state index is -0.742. The minimum absolute atomic E-state index is 0.0110. The van der Waals surface area contributed by atoms with Crippen LogP contribution in [-0.2, 0) is 4.79 Å². The number of carbonyl (C=O) groups is 1. The van der Waals surface area contributed by atoms with Crippen molar-refractivity contribution in [3.8, 4) is 0 Å². The molecule has 0 aromatic carbocycles. The molecule has 4 unspecified atom stereocenters. The van der Waals surface area contributed by atoms with Gasteiger partial charge in [-0.25, -0.2) is 0 Å². The van der Waals surface area contributed by atoms with Gasteiger partial charge in [0.15, 0.2) is 0 Å². The van der Waals surface area contributed by atoms with Gasteiger partial charge in [-0.15, -0.1) is 0 Å². The summed E-state index contributed by atoms with van der Waals surface area (Å²) in [5.41, 5.74) is 5.79. The number of rotatable bonds is 3. The van der Waals surface area contributed by atoms with Gasteiger partial charge in [0.25, 0.3) is 0 Å². The van der Waals surface area contributed by atoms with Crippen LogP contribution in [-0.4, -0.2) is 17.5 Å². The summed E-state index contributed by atoms with van der Waals surface area (Å²) in [5, 5.41) is 3.27. The SMILES string of the molecule is CCC(C)(N)C(=O)NC1C2(C)CCC(C2)C1(C)C. The van der Waals surface area contributed by atoms with Crippen LogP contribution >= 0.6 is 0 Å². The van der Waals surface area contributed by atoms with E-state index in [9.17, 15) is 4.79 Å². The normalized spacial score (nSPS) is 40.6. The third-order valence-corrected chi connectivity index (χ3v) is 5.80. The molecule has 0 aliphatic heterocycles. The summed E-state index contributed by atoms with van der Waals surface area (Å²) in [5.74, 6) is 0.760. The van der Waals surface area contributed by atoms with E-state index in [1.165, 1.54) is 19.3 Å². The van der Waals surface area contributed by atoms with Gasteiger partial charge in [0.05, 0.1) is 5.54 Å². The Kier molecular flexibility index (Phi) is 3.05. The molecule has 1 amide bonds. The number of nitrogens with one attached hydrogen (secondary N) is 1. The van der Waals surface area contributed by atoms with Crippen molar-refractivity contribution >= 4 is 5.91 Å². The number of carbonyl (C=O) groups excluding carboxylic acids is 1. The van der Waals surface area contributed by atoms with E-state index in [-0.39, 0.29) is 22.8 Å². The van der Waals surface area contributed by atoms with Gasteiger partial charge in [-0.2, -0.15) is 0 Å². The zero-order chi connectivity index (χ0) is 13.8. The highest BCUT2D eigenvalue weighted by molar-refractivity contribution is 5.86. The molecule has 2 bridgehead atoms. The van der Waals surface area contributed by atoms with E-state index in [0.717, 1.165) is 5.92 Å². The van der Waals surface area contributed by atoms with E-state index in [4.69, 9.17) is 5.73 Å². The smallest absolute Gasteiger partial charge is 0.240 e. The average Bonchev–Trinajstić information content (AvgIpc) is 2.75. The van der Waals surface area contributed by atoms with Crippen molar-refractivity contribution in [1.29, 1.82) is 0 Å². The molecule has 104 valence electrons. The lowest BCUT2D eigenvalue weighted by atomic mass is 9.68. The van der Waals surface area contributed by atoms with Gasteiger partial charge < -0.3 is 11.1 Å². The third kappa shape index (κ3) is 1.87. The summed E-state index contributed by atoms with van der Waals surface area (Å²) in [6.07, 6.45) is 4.47. The van der Waals surface area contributed by atoms with E-state index in [1.54, 1.807) is 0 Å². The van der Waals surface area contributed by atoms with Crippen molar-refractivity contribution in [3.63, 3.8) is 0 Å². The van der Waals surface area contributed by atoms with Gasteiger partial charge in [0.1, 0.15) is 0 Å². The summed E-state index contributed by atoms with van der Waals surface area (Å²) in [4.78, 5) is 12.3. The lowest BCUT2D eigenvalue weighted by Gasteiger charge is -2.44. The molecule has 3 heteroatoms. The van der Waals surface area contributed by atoms with Crippen LogP contribution < -0.4 is 11.1 Å². The zero-order valence-electron chi connectivity index (χ0n) is 12.5. The summed E-state index contributed by atoms with van der Waals surface area (Å²) in [6.45, 7) is 10.7. The highest BCUT2D eigenvalue weighted by Gasteiger charge is 2.60. The molecule has 0 spiro atoms. The Morgan fingerprint density at radius 3 is 2.50 bits per heavy atom. The molecule has 18 heavy (non-hydrogen) atoms. The molecule has 3 N–H and O–H groups in total. The number of hydrogen-bond donors (Lipinski definition) is 2. The first kappa shape index (κ1) is 13.9. The first-order chi connectivity index (χ1) is 8.13. The van der Waals surface area contributed by atoms with Gasteiger partial charge in [0.2, 0.25) is 5.91 Å². The summed E-state index contributed by atoms with van der Waals surface area (Å²) < 4.78 is 0. The van der Waals surface area contributed by atoms with Crippen LogP contribution in [0.15, 0.2) is 0 Å². The number of nitrogens with two attached hydrogens (primary N) is 1. The van der Waals surface area contributed by atoms with E-state index in [0.29, 0.717) is 6.42 Å². The third-order valence-electron chi connectivity index (χ3n) is 5.80. The molecule has 2 fully saturated rings. The lowest BCUT2D eigenvalue weighted by molar-refractivity contribution is -0.128. The number of hydrogen-bond acceptors (Lipinski definition) is 2. The maximum atomic E-state index is 12.3. The molecular formula is C15H28N2O. The molecule has 2 rings (SSSR count). The Balaban J connectivity index is 2.17. The van der Waals surface area contributed by atoms with Crippen LogP contribution in [0.5, 0.6) is 0 Å². The largest absolute Gasteiger partial charge is 0.351 e. The van der Waals surface area contributed by atoms with Crippen molar-refractivity contribution in [1.82, 2.24) is 5.32 Å². The van der Waals surface area contributed by atoms with Crippen LogP contribution in [0.25, 0.3) is 0 Å². The lowest BCUT2D eigenvalue weighted by Crippen LogP contribution is -2.59. The number of fused-ring (bicyclic) bond motifs is 2. The van der Waals surface area contributed by atoms with Crippen LogP contribution in [0, 0.1) is 16.7 Å². The standard InChI is InChI=1S/C15H28N2O/c1-6-15(5,16)12(18)17-11-13(2,3)10-7-8-14(11,4)9-10/h10-11H,6-9,16H2,1-5H3,(H,17,18). The minimum Gasteiger partial charge on any atom is -0.351 e. The topological polar surface area (TPSA) is 55.1 Å². The predicted molar refractivity (Wildman–Crippen MR) is 74.0 cm³/mol. The first-order valence-corrected chi connectivity index (χ1v) is 7.23. The fourth-order valence-electron chi connectivity index (χ4n) is 4.12. The molecule has 2 aliphatic carbocycles. The van der Waals surface area contributed by atoms with Gasteiger partial charge in [-0.05, 0) is 49.4 Å². The van der Waals surface area contributed by atoms with Crippen molar-refractivity contribution in [2.24, 2.45) is 22.5 Å². The van der Waals surface area contributed by atoms with Gasteiger partial charge in [-0.1, -0.05) is 27.7 Å². The molecule has 0 radical (unpaired) electrons. The van der Waals surface area contributed by atoms with E-state index in [1.807, 2.05) is 13.8 Å². The van der Waals surface area contributed by atoms with E-state index >= 15 is 0 Å². The van der Waals surface area contributed by atoms with Gasteiger partial charge in [0, 0.05) is 6.04 Å². The quantitative estimate of drug-likeness (QED) is 0.810. The molecule has 0 aromatic rings. The van der Waals surface area contributed by atoms with Crippen LogP contribution in [0.3, 0.4) is 0 Å². The zero-order valence-corrected chi connectivity index (χ0v) is 12.5. The average molecular weight is 252 g/mol. The summed E-state index contributed by atoms with van der Waals surface area (Å²) >= 11 is 0. The van der Waals surface area contributed by atoms with Crippen LogP contribution in [0.1, 0.15) is 60.3 Å². The summed E-state index contributed by atoms with van der Waals surface area (Å²) in [6, 6.07) is 0.269. The molecule has 2 aliphatic rings. The highest BCUT2D eigenvalue weighted by atomic mass is 16.2. The molecular weight excluding hydrogens is 224 g/mol. The molecule has 3 nitrogen and oxygen atoms in total. The van der Waals surface area contributed by atoms with E-state index in [2.05, 4.69) is 26.1 Å². The maximum absolute atomic E-state index is 12.3. The Morgan fingerprint density at radius 2 is 2.06 bits per heavy atom. The Labute approximate surface area is 111 Å².